The third kappa shape index (κ3) is 6.90. The van der Waals surface area contributed by atoms with Gasteiger partial charge in [-0.3, -0.25) is 14.7 Å². The lowest BCUT2D eigenvalue weighted by Gasteiger charge is -2.17. The molecule has 9 heteroatoms. The van der Waals surface area contributed by atoms with Crippen LogP contribution in [0.5, 0.6) is 0 Å². The van der Waals surface area contributed by atoms with Crippen LogP contribution in [-0.4, -0.2) is 50.6 Å². The Hall–Kier alpha value is -5.12. The van der Waals surface area contributed by atoms with Gasteiger partial charge in [-0.05, 0) is 109 Å². The lowest BCUT2D eigenvalue weighted by Crippen LogP contribution is -2.19. The number of rotatable bonds is 11. The largest absolute Gasteiger partial charge is 0.481 e. The highest BCUT2D eigenvalue weighted by Gasteiger charge is 2.20. The zero-order valence-corrected chi connectivity index (χ0v) is 28.5. The fourth-order valence-corrected chi connectivity index (χ4v) is 6.98. The maximum Gasteiger partial charge on any atom is 0.304 e. The van der Waals surface area contributed by atoms with Crippen LogP contribution in [0.2, 0.25) is 0 Å². The lowest BCUT2D eigenvalue weighted by atomic mass is 9.93. The smallest absolute Gasteiger partial charge is 0.304 e. The number of benzene rings is 3. The summed E-state index contributed by atoms with van der Waals surface area (Å²) in [5, 5.41) is 16.8. The molecule has 250 valence electrons. The summed E-state index contributed by atoms with van der Waals surface area (Å²) in [5.74, 6) is 1.26. The van der Waals surface area contributed by atoms with E-state index in [1.165, 1.54) is 12.0 Å². The third-order valence-corrected chi connectivity index (χ3v) is 9.59. The van der Waals surface area contributed by atoms with Gasteiger partial charge < -0.3 is 20.2 Å². The number of aliphatic carboxylic acids is 1. The second kappa shape index (κ2) is 13.8. The fourth-order valence-electron chi connectivity index (χ4n) is 6.98. The highest BCUT2D eigenvalue weighted by Crippen LogP contribution is 2.37. The Morgan fingerprint density at radius 3 is 2.57 bits per heavy atom. The molecule has 4 heterocycles. The summed E-state index contributed by atoms with van der Waals surface area (Å²) < 4.78 is 6.35. The number of aryl methyl sites for hydroxylation is 1. The summed E-state index contributed by atoms with van der Waals surface area (Å²) in [4.78, 5) is 27.8. The molecule has 0 radical (unpaired) electrons. The number of oxazole rings is 1. The van der Waals surface area contributed by atoms with Crippen molar-refractivity contribution in [3.63, 3.8) is 0 Å². The van der Waals surface area contributed by atoms with Gasteiger partial charge in [-0.15, -0.1) is 0 Å². The van der Waals surface area contributed by atoms with E-state index in [4.69, 9.17) is 19.5 Å². The monoisotopic (exact) mass is 654 g/mol. The molecule has 6 aromatic rings. The van der Waals surface area contributed by atoms with Crippen molar-refractivity contribution >= 4 is 39.5 Å². The molecule has 3 N–H and O–H groups in total. The first-order valence-electron chi connectivity index (χ1n) is 17.0. The van der Waals surface area contributed by atoms with Gasteiger partial charge in [0, 0.05) is 55.2 Å². The molecule has 9 nitrogen and oxygen atoms in total. The number of hydrogen-bond acceptors (Lipinski definition) is 8. The molecule has 0 amide bonds. The molecule has 1 aliphatic rings. The minimum absolute atomic E-state index is 0.0833. The van der Waals surface area contributed by atoms with Gasteiger partial charge in [-0.1, -0.05) is 37.3 Å². The number of likely N-dealkylation sites (tertiary alicyclic amines) is 1. The summed E-state index contributed by atoms with van der Waals surface area (Å²) in [6, 6.07) is 20.9. The maximum atomic E-state index is 10.9. The van der Waals surface area contributed by atoms with Crippen molar-refractivity contribution in [2.75, 3.05) is 25.0 Å². The van der Waals surface area contributed by atoms with E-state index >= 15 is 0 Å². The molecule has 1 saturated heterocycles. The number of carboxylic acid groups (broad SMARTS) is 1. The molecular formula is C40H42N6O3. The molecule has 1 aliphatic heterocycles. The molecule has 1 atom stereocenters. The number of pyridine rings is 2. The summed E-state index contributed by atoms with van der Waals surface area (Å²) in [6.45, 7) is 12.8. The second-order valence-corrected chi connectivity index (χ2v) is 13.4. The zero-order valence-electron chi connectivity index (χ0n) is 28.5. The third-order valence-electron chi connectivity index (χ3n) is 9.59. The Bertz CT molecular complexity index is 2170. The van der Waals surface area contributed by atoms with E-state index in [1.54, 1.807) is 0 Å². The van der Waals surface area contributed by atoms with Gasteiger partial charge in [0.05, 0.1) is 6.42 Å². The first-order chi connectivity index (χ1) is 23.7. The van der Waals surface area contributed by atoms with E-state index in [0.717, 1.165) is 98.0 Å². The number of nitrogens with one attached hydrogen (secondary N) is 2. The first-order valence-corrected chi connectivity index (χ1v) is 17.0. The second-order valence-electron chi connectivity index (χ2n) is 13.4. The predicted octanol–water partition coefficient (Wildman–Crippen LogP) is 8.18. The predicted molar refractivity (Wildman–Crippen MR) is 195 cm³/mol. The van der Waals surface area contributed by atoms with Crippen LogP contribution in [0.1, 0.15) is 47.6 Å². The SMILES string of the molecule is Cc1c(Nc2nccc3cc(CN4CC[C@H](C)C4)cnc23)cccc1-c1cccc(-c2nc3cc(CNCCC(=O)O)cc(C)c3o2)c1C. The van der Waals surface area contributed by atoms with Crippen molar-refractivity contribution in [2.45, 2.75) is 53.6 Å². The summed E-state index contributed by atoms with van der Waals surface area (Å²) in [6.07, 6.45) is 5.18. The highest BCUT2D eigenvalue weighted by molar-refractivity contribution is 5.91. The van der Waals surface area contributed by atoms with E-state index < -0.39 is 5.97 Å². The van der Waals surface area contributed by atoms with Gasteiger partial charge in [0.25, 0.3) is 0 Å². The Balaban J connectivity index is 1.15. The summed E-state index contributed by atoms with van der Waals surface area (Å²) in [5.41, 5.74) is 12.0. The Morgan fingerprint density at radius 1 is 0.980 bits per heavy atom. The van der Waals surface area contributed by atoms with Gasteiger partial charge in [0.2, 0.25) is 5.89 Å². The van der Waals surface area contributed by atoms with Gasteiger partial charge in [0.15, 0.2) is 11.4 Å². The molecule has 3 aromatic heterocycles. The zero-order chi connectivity index (χ0) is 34.1. The average molecular weight is 655 g/mol. The van der Waals surface area contributed by atoms with E-state index in [-0.39, 0.29) is 6.42 Å². The summed E-state index contributed by atoms with van der Waals surface area (Å²) in [7, 11) is 0. The normalized spacial score (nSPS) is 15.0. The van der Waals surface area contributed by atoms with Crippen LogP contribution >= 0.6 is 0 Å². The number of carbonyl (C=O) groups is 1. The molecule has 49 heavy (non-hydrogen) atoms. The lowest BCUT2D eigenvalue weighted by molar-refractivity contribution is -0.136. The highest BCUT2D eigenvalue weighted by atomic mass is 16.4. The molecule has 0 saturated carbocycles. The number of hydrogen-bond donors (Lipinski definition) is 3. The topological polar surface area (TPSA) is 116 Å². The first kappa shape index (κ1) is 32.4. The Labute approximate surface area is 286 Å². The Kier molecular flexibility index (Phi) is 9.12. The van der Waals surface area contributed by atoms with Crippen LogP contribution in [0, 0.1) is 26.7 Å². The number of fused-ring (bicyclic) bond motifs is 2. The summed E-state index contributed by atoms with van der Waals surface area (Å²) >= 11 is 0. The quantitative estimate of drug-likeness (QED) is 0.119. The van der Waals surface area contributed by atoms with Crippen LogP contribution < -0.4 is 10.6 Å². The van der Waals surface area contributed by atoms with Crippen LogP contribution in [0.25, 0.3) is 44.6 Å². The van der Waals surface area contributed by atoms with Crippen molar-refractivity contribution in [2.24, 2.45) is 5.92 Å². The van der Waals surface area contributed by atoms with Crippen molar-refractivity contribution in [1.29, 1.82) is 0 Å². The van der Waals surface area contributed by atoms with Crippen molar-refractivity contribution < 1.29 is 14.3 Å². The standard InChI is InChI=1S/C40H42N6O3/c1-24-13-16-46(22-24)23-29-18-30-11-15-42-39(37(30)43-21-29)44-34-10-6-8-32(27(34)4)31-7-5-9-33(26(31)3)40-45-35-19-28(17-25(2)38(35)49-40)20-41-14-12-36(47)48/h5-11,15,17-19,21,24,41H,12-14,16,20,22-23H2,1-4H3,(H,42,44)(H,47,48)/t24-/m0/s1. The van der Waals surface area contributed by atoms with E-state index in [1.807, 2.05) is 37.5 Å². The minimum atomic E-state index is -0.813. The van der Waals surface area contributed by atoms with E-state index in [9.17, 15) is 4.79 Å². The molecule has 0 spiro atoms. The van der Waals surface area contributed by atoms with Crippen LogP contribution in [0.4, 0.5) is 11.5 Å². The van der Waals surface area contributed by atoms with E-state index in [2.05, 4.69) is 83.8 Å². The van der Waals surface area contributed by atoms with Crippen LogP contribution in [0.15, 0.2) is 77.5 Å². The van der Waals surface area contributed by atoms with Gasteiger partial charge in [0.1, 0.15) is 11.0 Å². The van der Waals surface area contributed by atoms with Gasteiger partial charge in [-0.2, -0.15) is 0 Å². The average Bonchev–Trinajstić information content (AvgIpc) is 3.70. The molecular weight excluding hydrogens is 612 g/mol. The van der Waals surface area contributed by atoms with Crippen molar-refractivity contribution in [1.82, 2.24) is 25.2 Å². The molecule has 0 aliphatic carbocycles. The van der Waals surface area contributed by atoms with Crippen LogP contribution in [-0.2, 0) is 17.9 Å². The molecule has 0 unspecified atom stereocenters. The molecule has 7 rings (SSSR count). The Morgan fingerprint density at radius 2 is 1.78 bits per heavy atom. The van der Waals surface area contributed by atoms with Crippen molar-refractivity contribution in [3.8, 4) is 22.6 Å². The number of nitrogens with zero attached hydrogens (tertiary/aromatic N) is 4. The molecule has 3 aromatic carbocycles. The molecule has 1 fully saturated rings. The van der Waals surface area contributed by atoms with Gasteiger partial charge >= 0.3 is 5.97 Å². The number of anilines is 2. The number of aromatic nitrogens is 3. The fraction of sp³-hybridized carbons (Fsp3) is 0.300. The number of carboxylic acids is 1. The van der Waals surface area contributed by atoms with E-state index in [0.29, 0.717) is 19.0 Å². The van der Waals surface area contributed by atoms with Crippen LogP contribution in [0.3, 0.4) is 0 Å². The van der Waals surface area contributed by atoms with Crippen molar-refractivity contribution in [3.05, 3.63) is 101 Å². The minimum Gasteiger partial charge on any atom is -0.481 e. The molecule has 0 bridgehead atoms. The maximum absolute atomic E-state index is 10.9. The van der Waals surface area contributed by atoms with Gasteiger partial charge in [-0.25, -0.2) is 9.97 Å².